The quantitative estimate of drug-likeness (QED) is 0.277. The van der Waals surface area contributed by atoms with Crippen LogP contribution in [0.2, 0.25) is 0 Å². The second-order valence-corrected chi connectivity index (χ2v) is 11.8. The number of carbonyl (C=O) groups excluding carboxylic acids is 1. The number of fused-ring (bicyclic) bond motifs is 2. The molecule has 2 aliphatic rings. The molecule has 2 aromatic carbocycles. The Hall–Kier alpha value is -4.58. The lowest BCUT2D eigenvalue weighted by Crippen LogP contribution is -2.50. The Balaban J connectivity index is 1.36. The van der Waals surface area contributed by atoms with Crippen molar-refractivity contribution in [3.8, 4) is 34.3 Å². The van der Waals surface area contributed by atoms with Crippen LogP contribution in [0.3, 0.4) is 0 Å². The van der Waals surface area contributed by atoms with E-state index in [0.717, 1.165) is 36.1 Å². The van der Waals surface area contributed by atoms with Gasteiger partial charge in [-0.25, -0.2) is 23.1 Å². The minimum atomic E-state index is -1.18. The molecule has 3 aromatic heterocycles. The lowest BCUT2D eigenvalue weighted by atomic mass is 10.0. The molecule has 5 aromatic rings. The normalized spacial score (nSPS) is 18.8. The highest BCUT2D eigenvalue weighted by Gasteiger charge is 2.31. The molecule has 4 heterocycles. The fourth-order valence-corrected chi connectivity index (χ4v) is 6.21. The number of halogens is 3. The fraction of sp³-hybridized carbons (Fsp3) is 0.344. The van der Waals surface area contributed by atoms with Crippen LogP contribution in [-0.2, 0) is 13.6 Å². The predicted molar refractivity (Wildman–Crippen MR) is 159 cm³/mol. The molecule has 1 aliphatic heterocycles. The van der Waals surface area contributed by atoms with Gasteiger partial charge in [-0.2, -0.15) is 0 Å². The average Bonchev–Trinajstić information content (AvgIpc) is 3.67. The molecule has 2 fully saturated rings. The lowest BCUT2D eigenvalue weighted by Gasteiger charge is -2.33. The van der Waals surface area contributed by atoms with E-state index in [1.54, 1.807) is 18.2 Å². The number of methoxy groups -OCH3 is 1. The third kappa shape index (κ3) is 4.73. The van der Waals surface area contributed by atoms with Gasteiger partial charge in [-0.05, 0) is 67.6 Å². The largest absolute Gasteiger partial charge is 0.505 e. The van der Waals surface area contributed by atoms with E-state index in [1.807, 2.05) is 22.2 Å². The van der Waals surface area contributed by atoms with Crippen molar-refractivity contribution in [2.24, 2.45) is 18.7 Å². The summed E-state index contributed by atoms with van der Waals surface area (Å²) in [4.78, 5) is 24.4. The number of aryl methyl sites for hydroxylation is 1. The number of rotatable bonds is 6. The molecule has 44 heavy (non-hydrogen) atoms. The first-order valence-electron chi connectivity index (χ1n) is 14.5. The Bertz CT molecular complexity index is 1940. The van der Waals surface area contributed by atoms with Crippen LogP contribution in [0.15, 0.2) is 42.5 Å². The summed E-state index contributed by atoms with van der Waals surface area (Å²) in [6.45, 7) is 0.872. The highest BCUT2D eigenvalue weighted by Crippen LogP contribution is 2.39. The number of phenols is 1. The number of pyridine rings is 1. The number of aromatic nitrogens is 4. The van der Waals surface area contributed by atoms with E-state index in [1.165, 1.54) is 18.1 Å². The summed E-state index contributed by atoms with van der Waals surface area (Å²) >= 11 is 0. The minimum absolute atomic E-state index is 0.0208. The molecule has 12 heteroatoms. The van der Waals surface area contributed by atoms with E-state index in [-0.39, 0.29) is 31.1 Å². The molecule has 7 rings (SSSR count). The van der Waals surface area contributed by atoms with Crippen molar-refractivity contribution in [3.63, 3.8) is 0 Å². The second-order valence-electron chi connectivity index (χ2n) is 11.8. The van der Waals surface area contributed by atoms with Crippen LogP contribution in [0.5, 0.6) is 11.5 Å². The highest BCUT2D eigenvalue weighted by molar-refractivity contribution is 6.00. The number of hydrogen-bond donors (Lipinski definition) is 2. The average molecular weight is 605 g/mol. The number of amides is 1. The number of ether oxygens (including phenoxy) is 1. The molecule has 0 bridgehead atoms. The van der Waals surface area contributed by atoms with Gasteiger partial charge in [0.25, 0.3) is 5.91 Å². The molecular weight excluding hydrogens is 573 g/mol. The number of phenolic OH excluding ortho intramolecular Hbond substituents is 1. The van der Waals surface area contributed by atoms with E-state index in [0.29, 0.717) is 46.3 Å². The molecule has 228 valence electrons. The molecule has 0 spiro atoms. The Morgan fingerprint density at radius 1 is 1.11 bits per heavy atom. The van der Waals surface area contributed by atoms with Crippen molar-refractivity contribution in [2.45, 2.75) is 38.0 Å². The highest BCUT2D eigenvalue weighted by atomic mass is 19.1. The number of hydrogen-bond acceptors (Lipinski definition) is 6. The number of imidazole rings is 1. The molecule has 3 N–H and O–H groups in total. The van der Waals surface area contributed by atoms with Gasteiger partial charge in [0.1, 0.15) is 28.9 Å². The summed E-state index contributed by atoms with van der Waals surface area (Å²) in [5.41, 5.74) is 8.42. The van der Waals surface area contributed by atoms with Crippen LogP contribution in [0, 0.1) is 17.6 Å². The third-order valence-corrected chi connectivity index (χ3v) is 8.56. The number of benzene rings is 2. The first kappa shape index (κ1) is 28.2. The van der Waals surface area contributed by atoms with Crippen molar-refractivity contribution in [1.82, 2.24) is 24.0 Å². The zero-order valence-corrected chi connectivity index (χ0v) is 24.2. The van der Waals surface area contributed by atoms with Gasteiger partial charge in [0.05, 0.1) is 36.1 Å². The van der Waals surface area contributed by atoms with E-state index < -0.39 is 35.2 Å². The number of carbonyl (C=O) groups is 1. The fourth-order valence-electron chi connectivity index (χ4n) is 6.21. The van der Waals surface area contributed by atoms with E-state index >= 15 is 0 Å². The zero-order valence-electron chi connectivity index (χ0n) is 24.2. The zero-order chi connectivity index (χ0) is 30.9. The topological polar surface area (TPSA) is 111 Å². The van der Waals surface area contributed by atoms with Crippen molar-refractivity contribution < 1.29 is 27.8 Å². The molecule has 1 aliphatic carbocycles. The van der Waals surface area contributed by atoms with Gasteiger partial charge in [-0.15, -0.1) is 0 Å². The Morgan fingerprint density at radius 2 is 1.91 bits per heavy atom. The molecule has 0 unspecified atom stereocenters. The number of alkyl halides is 1. The third-order valence-electron chi connectivity index (χ3n) is 8.56. The number of nitrogens with zero attached hydrogens (tertiary/aromatic N) is 5. The van der Waals surface area contributed by atoms with Crippen LogP contribution in [0.1, 0.15) is 29.6 Å². The van der Waals surface area contributed by atoms with Gasteiger partial charge < -0.3 is 29.6 Å². The minimum Gasteiger partial charge on any atom is -0.505 e. The predicted octanol–water partition coefficient (Wildman–Crippen LogP) is 5.17. The molecule has 9 nitrogen and oxygen atoms in total. The van der Waals surface area contributed by atoms with Crippen LogP contribution < -0.4 is 10.5 Å². The van der Waals surface area contributed by atoms with Crippen molar-refractivity contribution >= 4 is 28.0 Å². The molecular formula is C32H31F3N6O3. The summed E-state index contributed by atoms with van der Waals surface area (Å²) < 4.78 is 53.3. The second kappa shape index (κ2) is 10.5. The number of aromatic hydroxyl groups is 1. The monoisotopic (exact) mass is 604 g/mol. The Labute approximate surface area is 250 Å². The molecule has 0 radical (unpaired) electrons. The smallest absolute Gasteiger partial charge is 0.254 e. The van der Waals surface area contributed by atoms with E-state index in [9.17, 15) is 23.1 Å². The Morgan fingerprint density at radius 3 is 2.64 bits per heavy atom. The summed E-state index contributed by atoms with van der Waals surface area (Å²) in [6, 6.07) is 10.1. The maximum Gasteiger partial charge on any atom is 0.254 e. The van der Waals surface area contributed by atoms with Crippen LogP contribution >= 0.6 is 0 Å². The van der Waals surface area contributed by atoms with Gasteiger partial charge in [0.2, 0.25) is 0 Å². The number of likely N-dealkylation sites (tertiary alicyclic amines) is 1. The van der Waals surface area contributed by atoms with Crippen molar-refractivity contribution in [3.05, 3.63) is 59.7 Å². The van der Waals surface area contributed by atoms with E-state index in [4.69, 9.17) is 15.5 Å². The standard InChI is InChI=1S/C32H31F3N6O3/c1-39-29-23(9-18(11-26(29)44-2)32(43)40-14-19(33)12-20(36)15-40)38-31(39)24-10-17-5-7-22(27-21(34)6-8-25(42)28(27)35)37-30(17)41(24)13-16-3-4-16/h5-11,16,19-20,42H,3-4,12-15,36H2,1-2H3/t19-,20-/m1/s1. The van der Waals surface area contributed by atoms with E-state index in [2.05, 4.69) is 4.98 Å². The molecule has 1 amide bonds. The lowest BCUT2D eigenvalue weighted by molar-refractivity contribution is 0.0606. The van der Waals surface area contributed by atoms with Gasteiger partial charge in [0.15, 0.2) is 17.4 Å². The maximum atomic E-state index is 14.8. The summed E-state index contributed by atoms with van der Waals surface area (Å²) in [5.74, 6) is -1.45. The van der Waals surface area contributed by atoms with Crippen LogP contribution in [0.25, 0.3) is 44.8 Å². The van der Waals surface area contributed by atoms with Gasteiger partial charge >= 0.3 is 0 Å². The number of piperidine rings is 1. The van der Waals surface area contributed by atoms with Crippen LogP contribution in [0.4, 0.5) is 13.2 Å². The molecule has 1 saturated carbocycles. The van der Waals surface area contributed by atoms with Gasteiger partial charge in [-0.1, -0.05) is 0 Å². The summed E-state index contributed by atoms with van der Waals surface area (Å²) in [6.07, 6.45) is 1.14. The Kier molecular flexibility index (Phi) is 6.76. The van der Waals surface area contributed by atoms with Crippen molar-refractivity contribution in [1.29, 1.82) is 0 Å². The molecule has 1 saturated heterocycles. The van der Waals surface area contributed by atoms with Crippen LogP contribution in [-0.4, -0.2) is 67.4 Å². The SMILES string of the molecule is COc1cc(C(=O)N2C[C@H](N)C[C@@H](F)C2)cc2nc(-c3cc4ccc(-c5c(F)ccc(O)c5F)nc4n3CC3CC3)n(C)c12. The van der Waals surface area contributed by atoms with Gasteiger partial charge in [-0.3, -0.25) is 4.79 Å². The van der Waals surface area contributed by atoms with Crippen molar-refractivity contribution in [2.75, 3.05) is 20.2 Å². The first-order valence-corrected chi connectivity index (χ1v) is 14.5. The van der Waals surface area contributed by atoms with Gasteiger partial charge in [0, 0.05) is 37.1 Å². The summed E-state index contributed by atoms with van der Waals surface area (Å²) in [7, 11) is 3.36. The summed E-state index contributed by atoms with van der Waals surface area (Å²) in [5, 5.41) is 10.6. The maximum absolute atomic E-state index is 14.8. The first-order chi connectivity index (χ1) is 21.1. The molecule has 2 atom stereocenters. The number of nitrogens with two attached hydrogens (primary N) is 1.